The molecule has 26 heavy (non-hydrogen) atoms. The van der Waals surface area contributed by atoms with Gasteiger partial charge in [0.05, 0.1) is 12.1 Å². The van der Waals surface area contributed by atoms with Crippen LogP contribution in [0.5, 0.6) is 0 Å². The lowest BCUT2D eigenvalue weighted by molar-refractivity contribution is -0.147. The number of ketones is 1. The van der Waals surface area contributed by atoms with E-state index in [1.807, 2.05) is 0 Å². The van der Waals surface area contributed by atoms with Crippen LogP contribution >= 0.6 is 27.5 Å². The van der Waals surface area contributed by atoms with Gasteiger partial charge in [0, 0.05) is 21.5 Å². The van der Waals surface area contributed by atoms with Crippen LogP contribution in [0, 0.1) is 5.82 Å². The van der Waals surface area contributed by atoms with E-state index in [2.05, 4.69) is 21.2 Å². The maximum atomic E-state index is 13.6. The number of rotatable bonds is 7. The minimum absolute atomic E-state index is 0.0211. The summed E-state index contributed by atoms with van der Waals surface area (Å²) in [6, 6.07) is 10.4. The second kappa shape index (κ2) is 9.45. The van der Waals surface area contributed by atoms with E-state index >= 15 is 0 Å². The van der Waals surface area contributed by atoms with Crippen molar-refractivity contribution < 1.29 is 23.5 Å². The number of esters is 1. The Morgan fingerprint density at radius 3 is 2.42 bits per heavy atom. The van der Waals surface area contributed by atoms with Crippen molar-refractivity contribution in [3.63, 3.8) is 0 Å². The molecule has 0 aliphatic heterocycles. The number of hydrogen-bond acceptors (Lipinski definition) is 4. The minimum Gasteiger partial charge on any atom is -0.456 e. The van der Waals surface area contributed by atoms with Gasteiger partial charge in [-0.15, -0.1) is 0 Å². The summed E-state index contributed by atoms with van der Waals surface area (Å²) in [4.78, 5) is 35.3. The first-order chi connectivity index (χ1) is 12.3. The van der Waals surface area contributed by atoms with Crippen molar-refractivity contribution >= 4 is 50.9 Å². The van der Waals surface area contributed by atoms with E-state index in [9.17, 15) is 18.8 Å². The van der Waals surface area contributed by atoms with Crippen molar-refractivity contribution in [2.75, 3.05) is 11.9 Å². The second-order valence-corrected chi connectivity index (χ2v) is 6.62. The number of benzene rings is 2. The Kier molecular flexibility index (Phi) is 7.29. The van der Waals surface area contributed by atoms with Crippen LogP contribution in [0.1, 0.15) is 23.2 Å². The first-order valence-electron chi connectivity index (χ1n) is 7.54. The van der Waals surface area contributed by atoms with Gasteiger partial charge in [0.15, 0.2) is 12.4 Å². The fraction of sp³-hybridized carbons (Fsp3) is 0.167. The fourth-order valence-electron chi connectivity index (χ4n) is 1.99. The molecule has 0 fully saturated rings. The number of carbonyl (C=O) groups is 3. The molecule has 136 valence electrons. The maximum Gasteiger partial charge on any atom is 0.306 e. The van der Waals surface area contributed by atoms with Crippen molar-refractivity contribution in [2.24, 2.45) is 0 Å². The Morgan fingerprint density at radius 1 is 1.08 bits per heavy atom. The first-order valence-corrected chi connectivity index (χ1v) is 8.71. The smallest absolute Gasteiger partial charge is 0.306 e. The van der Waals surface area contributed by atoms with E-state index in [0.717, 1.165) is 0 Å². The molecule has 0 saturated heterocycles. The molecule has 0 atom stereocenters. The summed E-state index contributed by atoms with van der Waals surface area (Å²) in [6.45, 7) is -0.566. The highest BCUT2D eigenvalue weighted by molar-refractivity contribution is 9.10. The van der Waals surface area contributed by atoms with Crippen LogP contribution in [0.2, 0.25) is 5.02 Å². The molecule has 8 heteroatoms. The van der Waals surface area contributed by atoms with Gasteiger partial charge in [-0.25, -0.2) is 4.39 Å². The van der Waals surface area contributed by atoms with E-state index < -0.39 is 24.3 Å². The van der Waals surface area contributed by atoms with Crippen molar-refractivity contribution in [1.29, 1.82) is 0 Å². The predicted octanol–water partition coefficient (Wildman–Crippen LogP) is 4.39. The third-order valence-corrected chi connectivity index (χ3v) is 4.04. The van der Waals surface area contributed by atoms with Crippen LogP contribution < -0.4 is 5.32 Å². The van der Waals surface area contributed by atoms with Gasteiger partial charge in [-0.2, -0.15) is 0 Å². The summed E-state index contributed by atoms with van der Waals surface area (Å²) in [5.41, 5.74) is 0.415. The maximum absolute atomic E-state index is 13.6. The molecule has 0 aliphatic carbocycles. The zero-order valence-electron chi connectivity index (χ0n) is 13.4. The SMILES string of the molecule is O=C(COC(=O)CCC(=O)c1ccc(Cl)cc1)Nc1ccc(Br)cc1F. The summed E-state index contributed by atoms with van der Waals surface area (Å²) in [6.07, 6.45) is -0.217. The molecular weight excluding hydrogens is 429 g/mol. The van der Waals surface area contributed by atoms with Crippen LogP contribution in [0.15, 0.2) is 46.9 Å². The Balaban J connectivity index is 1.74. The van der Waals surface area contributed by atoms with Crippen LogP contribution in [-0.4, -0.2) is 24.3 Å². The third-order valence-electron chi connectivity index (χ3n) is 3.29. The van der Waals surface area contributed by atoms with Crippen molar-refractivity contribution in [2.45, 2.75) is 12.8 Å². The summed E-state index contributed by atoms with van der Waals surface area (Å²) < 4.78 is 18.9. The standard InChI is InChI=1S/C18H14BrClFNO4/c19-12-3-6-15(14(21)9-12)22-17(24)10-26-18(25)8-7-16(23)11-1-4-13(20)5-2-11/h1-6,9H,7-8,10H2,(H,22,24). The van der Waals surface area contributed by atoms with E-state index in [0.29, 0.717) is 15.1 Å². The molecule has 0 bridgehead atoms. The quantitative estimate of drug-likeness (QED) is 0.510. The molecule has 2 rings (SSSR count). The van der Waals surface area contributed by atoms with Gasteiger partial charge in [0.1, 0.15) is 5.82 Å². The largest absolute Gasteiger partial charge is 0.456 e. The van der Waals surface area contributed by atoms with Gasteiger partial charge in [-0.3, -0.25) is 14.4 Å². The Morgan fingerprint density at radius 2 is 1.77 bits per heavy atom. The van der Waals surface area contributed by atoms with Crippen LogP contribution in [0.3, 0.4) is 0 Å². The molecule has 2 aromatic carbocycles. The molecule has 1 N–H and O–H groups in total. The average Bonchev–Trinajstić information content (AvgIpc) is 2.61. The fourth-order valence-corrected chi connectivity index (χ4v) is 2.45. The molecule has 1 amide bonds. The highest BCUT2D eigenvalue weighted by atomic mass is 79.9. The molecule has 0 spiro atoms. The van der Waals surface area contributed by atoms with Gasteiger partial charge < -0.3 is 10.1 Å². The topological polar surface area (TPSA) is 72.5 Å². The second-order valence-electron chi connectivity index (χ2n) is 5.26. The Hall–Kier alpha value is -2.25. The molecule has 2 aromatic rings. The van der Waals surface area contributed by atoms with E-state index in [-0.39, 0.29) is 24.3 Å². The van der Waals surface area contributed by atoms with E-state index in [4.69, 9.17) is 16.3 Å². The lowest BCUT2D eigenvalue weighted by atomic mass is 10.1. The number of anilines is 1. The van der Waals surface area contributed by atoms with Crippen molar-refractivity contribution in [1.82, 2.24) is 0 Å². The number of nitrogens with one attached hydrogen (secondary N) is 1. The number of hydrogen-bond donors (Lipinski definition) is 1. The zero-order valence-corrected chi connectivity index (χ0v) is 15.8. The number of Topliss-reactive ketones (excluding diaryl/α,β-unsaturated/α-hetero) is 1. The minimum atomic E-state index is -0.696. The van der Waals surface area contributed by atoms with Crippen LogP contribution in [0.25, 0.3) is 0 Å². The molecule has 0 radical (unpaired) electrons. The summed E-state index contributed by atoms with van der Waals surface area (Å²) in [7, 11) is 0. The molecule has 0 aromatic heterocycles. The van der Waals surface area contributed by atoms with Crippen molar-refractivity contribution in [3.05, 3.63) is 63.3 Å². The number of halogens is 3. The van der Waals surface area contributed by atoms with Gasteiger partial charge in [0.2, 0.25) is 0 Å². The van der Waals surface area contributed by atoms with E-state index in [1.54, 1.807) is 30.3 Å². The summed E-state index contributed by atoms with van der Waals surface area (Å²) >= 11 is 8.85. The van der Waals surface area contributed by atoms with Gasteiger partial charge >= 0.3 is 5.97 Å². The molecule has 0 saturated carbocycles. The molecule has 5 nitrogen and oxygen atoms in total. The van der Waals surface area contributed by atoms with E-state index in [1.165, 1.54) is 12.1 Å². The highest BCUT2D eigenvalue weighted by Crippen LogP contribution is 2.19. The third kappa shape index (κ3) is 6.24. The Labute approximate surface area is 162 Å². The number of carbonyl (C=O) groups excluding carboxylic acids is 3. The summed E-state index contributed by atoms with van der Waals surface area (Å²) in [5.74, 6) is -2.23. The van der Waals surface area contributed by atoms with Gasteiger partial charge in [-0.1, -0.05) is 27.5 Å². The van der Waals surface area contributed by atoms with Crippen molar-refractivity contribution in [3.8, 4) is 0 Å². The molecule has 0 unspecified atom stereocenters. The highest BCUT2D eigenvalue weighted by Gasteiger charge is 2.13. The predicted molar refractivity (Wildman–Crippen MR) is 98.7 cm³/mol. The molecule has 0 heterocycles. The zero-order chi connectivity index (χ0) is 19.1. The van der Waals surface area contributed by atoms with Gasteiger partial charge in [0.25, 0.3) is 5.91 Å². The molecule has 0 aliphatic rings. The molecular formula is C18H14BrClFNO4. The normalized spacial score (nSPS) is 10.3. The van der Waals surface area contributed by atoms with Crippen LogP contribution in [0.4, 0.5) is 10.1 Å². The lowest BCUT2D eigenvalue weighted by Gasteiger charge is -2.07. The number of ether oxygens (including phenoxy) is 1. The van der Waals surface area contributed by atoms with Gasteiger partial charge in [-0.05, 0) is 42.5 Å². The number of amides is 1. The van der Waals surface area contributed by atoms with Crippen LogP contribution in [-0.2, 0) is 14.3 Å². The average molecular weight is 443 g/mol. The first kappa shape index (κ1) is 20.1. The Bertz CT molecular complexity index is 826. The monoisotopic (exact) mass is 441 g/mol. The lowest BCUT2D eigenvalue weighted by Crippen LogP contribution is -2.21. The summed E-state index contributed by atoms with van der Waals surface area (Å²) in [5, 5.41) is 2.81.